The molecule has 5 heteroatoms. The summed E-state index contributed by atoms with van der Waals surface area (Å²) in [6, 6.07) is 15.9. The monoisotopic (exact) mass is 370 g/mol. The van der Waals surface area contributed by atoms with E-state index >= 15 is 0 Å². The van der Waals surface area contributed by atoms with Gasteiger partial charge in [-0.3, -0.25) is 4.90 Å². The number of halogens is 1. The molecule has 0 amide bonds. The first-order valence-electron chi connectivity index (χ1n) is 8.99. The lowest BCUT2D eigenvalue weighted by Gasteiger charge is -2.39. The quantitative estimate of drug-likeness (QED) is 0.706. The summed E-state index contributed by atoms with van der Waals surface area (Å²) in [6.45, 7) is 2.71. The van der Waals surface area contributed by atoms with E-state index in [9.17, 15) is 5.11 Å². The van der Waals surface area contributed by atoms with Crippen molar-refractivity contribution in [1.82, 2.24) is 9.88 Å². The fourth-order valence-electron chi connectivity index (χ4n) is 3.69. The van der Waals surface area contributed by atoms with Crippen molar-refractivity contribution in [3.63, 3.8) is 0 Å². The lowest BCUT2D eigenvalue weighted by atomic mass is 9.93. The standard InChI is InChI=1S/C21H23ClN2O2/c22-18-3-1-4-19(12-18)26-15-21(25)8-2-10-24(14-21)13-16-5-6-20-17(11-16)7-9-23-20/h1,3-7,9,11-12,23,25H,2,8,10,13-15H2/t21-/m1/s1. The smallest absolute Gasteiger partial charge is 0.120 e. The highest BCUT2D eigenvalue weighted by Crippen LogP contribution is 2.26. The van der Waals surface area contributed by atoms with Gasteiger partial charge in [0.2, 0.25) is 0 Å². The lowest BCUT2D eigenvalue weighted by molar-refractivity contribution is -0.0621. The summed E-state index contributed by atoms with van der Waals surface area (Å²) < 4.78 is 5.81. The van der Waals surface area contributed by atoms with E-state index < -0.39 is 5.60 Å². The van der Waals surface area contributed by atoms with Crippen molar-refractivity contribution in [3.05, 3.63) is 65.3 Å². The summed E-state index contributed by atoms with van der Waals surface area (Å²) in [7, 11) is 0. The Hall–Kier alpha value is -2.01. The highest BCUT2D eigenvalue weighted by molar-refractivity contribution is 6.30. The Morgan fingerprint density at radius 3 is 3.00 bits per heavy atom. The minimum absolute atomic E-state index is 0.278. The zero-order valence-corrected chi connectivity index (χ0v) is 15.4. The molecule has 0 unspecified atom stereocenters. The number of H-pyrrole nitrogens is 1. The van der Waals surface area contributed by atoms with Crippen molar-refractivity contribution in [3.8, 4) is 5.75 Å². The molecule has 3 aromatic rings. The molecule has 1 atom stereocenters. The lowest BCUT2D eigenvalue weighted by Crippen LogP contribution is -2.51. The van der Waals surface area contributed by atoms with E-state index in [2.05, 4.69) is 34.1 Å². The largest absolute Gasteiger partial charge is 0.490 e. The minimum atomic E-state index is -0.835. The van der Waals surface area contributed by atoms with E-state index in [0.29, 0.717) is 17.3 Å². The van der Waals surface area contributed by atoms with Gasteiger partial charge in [-0.15, -0.1) is 0 Å². The molecule has 2 heterocycles. The number of ether oxygens (including phenoxy) is 1. The zero-order valence-electron chi connectivity index (χ0n) is 14.6. The Bertz CT molecular complexity index is 894. The third-order valence-corrected chi connectivity index (χ3v) is 5.20. The first-order chi connectivity index (χ1) is 12.6. The van der Waals surface area contributed by atoms with Crippen LogP contribution in [0.3, 0.4) is 0 Å². The van der Waals surface area contributed by atoms with Gasteiger partial charge in [0.25, 0.3) is 0 Å². The van der Waals surface area contributed by atoms with E-state index in [-0.39, 0.29) is 6.61 Å². The van der Waals surface area contributed by atoms with Crippen LogP contribution in [-0.4, -0.2) is 40.3 Å². The van der Waals surface area contributed by atoms with Crippen LogP contribution in [-0.2, 0) is 6.54 Å². The first-order valence-corrected chi connectivity index (χ1v) is 9.37. The summed E-state index contributed by atoms with van der Waals surface area (Å²) in [6.07, 6.45) is 3.67. The van der Waals surface area contributed by atoms with Crippen molar-refractivity contribution in [2.75, 3.05) is 19.7 Å². The number of nitrogens with zero attached hydrogens (tertiary/aromatic N) is 1. The molecule has 26 heavy (non-hydrogen) atoms. The van der Waals surface area contributed by atoms with E-state index in [4.69, 9.17) is 16.3 Å². The molecular formula is C21H23ClN2O2. The molecule has 0 spiro atoms. The van der Waals surface area contributed by atoms with Crippen molar-refractivity contribution in [2.24, 2.45) is 0 Å². The minimum Gasteiger partial charge on any atom is -0.490 e. The van der Waals surface area contributed by atoms with E-state index in [1.807, 2.05) is 24.4 Å². The SMILES string of the molecule is O[C@]1(COc2cccc(Cl)c2)CCCN(Cc2ccc3[nH]ccc3c2)C1. The van der Waals surface area contributed by atoms with Gasteiger partial charge >= 0.3 is 0 Å². The van der Waals surface area contributed by atoms with Crippen LogP contribution < -0.4 is 4.74 Å². The number of fused-ring (bicyclic) bond motifs is 1. The fourth-order valence-corrected chi connectivity index (χ4v) is 3.87. The number of likely N-dealkylation sites (tertiary alicyclic amines) is 1. The number of nitrogens with one attached hydrogen (secondary N) is 1. The molecule has 1 aromatic heterocycles. The fraction of sp³-hybridized carbons (Fsp3) is 0.333. The van der Waals surface area contributed by atoms with Crippen LogP contribution in [0, 0.1) is 0 Å². The molecule has 0 radical (unpaired) electrons. The summed E-state index contributed by atoms with van der Waals surface area (Å²) in [5.74, 6) is 0.695. The van der Waals surface area contributed by atoms with Crippen molar-refractivity contribution < 1.29 is 9.84 Å². The molecule has 136 valence electrons. The molecule has 2 aromatic carbocycles. The molecule has 1 aliphatic heterocycles. The van der Waals surface area contributed by atoms with Crippen LogP contribution in [0.1, 0.15) is 18.4 Å². The Kier molecular flexibility index (Phi) is 4.90. The Balaban J connectivity index is 1.39. The average molecular weight is 371 g/mol. The number of β-amino-alcohol motifs (C(OH)–C–C–N with tert-alkyl or cyclic N) is 1. The van der Waals surface area contributed by atoms with E-state index in [1.165, 1.54) is 10.9 Å². The van der Waals surface area contributed by atoms with Gasteiger partial charge in [-0.25, -0.2) is 0 Å². The second-order valence-corrected chi connectivity index (χ2v) is 7.62. The number of benzene rings is 2. The summed E-state index contributed by atoms with van der Waals surface area (Å²) >= 11 is 5.99. The van der Waals surface area contributed by atoms with Gasteiger partial charge in [0.05, 0.1) is 0 Å². The van der Waals surface area contributed by atoms with Gasteiger partial charge in [-0.1, -0.05) is 23.7 Å². The van der Waals surface area contributed by atoms with E-state index in [1.54, 1.807) is 6.07 Å². The second kappa shape index (κ2) is 7.31. The van der Waals surface area contributed by atoms with Crippen molar-refractivity contribution in [1.29, 1.82) is 0 Å². The summed E-state index contributed by atoms with van der Waals surface area (Å²) in [4.78, 5) is 5.52. The Morgan fingerprint density at radius 1 is 1.19 bits per heavy atom. The molecular weight excluding hydrogens is 348 g/mol. The van der Waals surface area contributed by atoms with Crippen molar-refractivity contribution >= 4 is 22.5 Å². The molecule has 0 bridgehead atoms. The maximum atomic E-state index is 11.0. The molecule has 1 aliphatic rings. The summed E-state index contributed by atoms with van der Waals surface area (Å²) in [5.41, 5.74) is 1.58. The van der Waals surface area contributed by atoms with Gasteiger partial charge in [0, 0.05) is 29.8 Å². The first kappa shape index (κ1) is 17.4. The molecule has 0 saturated carbocycles. The number of hydrogen-bond donors (Lipinski definition) is 2. The molecule has 1 fully saturated rings. The summed E-state index contributed by atoms with van der Waals surface area (Å²) in [5, 5.41) is 12.8. The number of hydrogen-bond acceptors (Lipinski definition) is 3. The zero-order chi connectivity index (χ0) is 18.0. The van der Waals surface area contributed by atoms with Crippen LogP contribution in [0.25, 0.3) is 10.9 Å². The van der Waals surface area contributed by atoms with E-state index in [0.717, 1.165) is 31.4 Å². The normalized spacial score (nSPS) is 21.2. The highest BCUT2D eigenvalue weighted by Gasteiger charge is 2.34. The van der Waals surface area contributed by atoms with Crippen LogP contribution in [0.5, 0.6) is 5.75 Å². The Morgan fingerprint density at radius 2 is 2.12 bits per heavy atom. The molecule has 4 rings (SSSR count). The highest BCUT2D eigenvalue weighted by atomic mass is 35.5. The van der Waals surface area contributed by atoms with Crippen LogP contribution in [0.4, 0.5) is 0 Å². The third-order valence-electron chi connectivity index (χ3n) is 4.96. The third kappa shape index (κ3) is 4.04. The van der Waals surface area contributed by atoms with Crippen LogP contribution in [0.15, 0.2) is 54.7 Å². The molecule has 2 N–H and O–H groups in total. The van der Waals surface area contributed by atoms with Crippen LogP contribution >= 0.6 is 11.6 Å². The molecule has 4 nitrogen and oxygen atoms in total. The van der Waals surface area contributed by atoms with Crippen LogP contribution in [0.2, 0.25) is 5.02 Å². The topological polar surface area (TPSA) is 48.5 Å². The molecule has 0 aliphatic carbocycles. The van der Waals surface area contributed by atoms with Gasteiger partial charge in [0.15, 0.2) is 0 Å². The second-order valence-electron chi connectivity index (χ2n) is 7.18. The average Bonchev–Trinajstić information content (AvgIpc) is 3.08. The van der Waals surface area contributed by atoms with Gasteiger partial charge in [0.1, 0.15) is 18.0 Å². The number of rotatable bonds is 5. The van der Waals surface area contributed by atoms with Crippen molar-refractivity contribution in [2.45, 2.75) is 25.0 Å². The molecule has 1 saturated heterocycles. The number of aromatic amines is 1. The maximum Gasteiger partial charge on any atom is 0.120 e. The predicted octanol–water partition coefficient (Wildman–Crippen LogP) is 4.23. The Labute approximate surface area is 158 Å². The van der Waals surface area contributed by atoms with Gasteiger partial charge in [-0.05, 0) is 66.7 Å². The van der Waals surface area contributed by atoms with Gasteiger partial charge in [-0.2, -0.15) is 0 Å². The predicted molar refractivity (Wildman–Crippen MR) is 105 cm³/mol. The number of piperidine rings is 1. The van der Waals surface area contributed by atoms with Gasteiger partial charge < -0.3 is 14.8 Å². The number of aliphatic hydroxyl groups is 1. The number of aromatic nitrogens is 1. The maximum absolute atomic E-state index is 11.0.